The Labute approximate surface area is 194 Å². The van der Waals surface area contributed by atoms with Gasteiger partial charge in [0.1, 0.15) is 5.82 Å². The van der Waals surface area contributed by atoms with E-state index in [4.69, 9.17) is 0 Å². The topological polar surface area (TPSA) is 59.7 Å². The average molecular weight is 436 g/mol. The number of benzene rings is 1. The van der Waals surface area contributed by atoms with Crippen LogP contribution in [-0.2, 0) is 13.0 Å². The van der Waals surface area contributed by atoms with Gasteiger partial charge in [0.25, 0.3) is 0 Å². The van der Waals surface area contributed by atoms with Crippen molar-refractivity contribution in [1.29, 1.82) is 0 Å². The normalized spacial score (nSPS) is 13.5. The minimum absolute atomic E-state index is 0.272. The summed E-state index contributed by atoms with van der Waals surface area (Å²) >= 11 is 0. The predicted octanol–water partition coefficient (Wildman–Crippen LogP) is 5.49. The van der Waals surface area contributed by atoms with Crippen LogP contribution in [0.4, 0.5) is 0 Å². The van der Waals surface area contributed by atoms with Crippen LogP contribution in [0.5, 0.6) is 0 Å². The van der Waals surface area contributed by atoms with Gasteiger partial charge in [0.05, 0.1) is 0 Å². The van der Waals surface area contributed by atoms with Crippen molar-refractivity contribution < 1.29 is 0 Å². The fourth-order valence-corrected chi connectivity index (χ4v) is 4.38. The second-order valence-corrected chi connectivity index (χ2v) is 8.93. The number of aromatic amines is 2. The largest absolute Gasteiger partial charge is 0.364 e. The van der Waals surface area contributed by atoms with Gasteiger partial charge in [0.15, 0.2) is 0 Å². The third-order valence-electron chi connectivity index (χ3n) is 6.13. The van der Waals surface area contributed by atoms with Crippen LogP contribution in [0.15, 0.2) is 55.0 Å². The lowest BCUT2D eigenvalue weighted by Crippen LogP contribution is -2.29. The minimum Gasteiger partial charge on any atom is -0.364 e. The molecule has 0 spiro atoms. The van der Waals surface area contributed by atoms with E-state index in [0.29, 0.717) is 6.04 Å². The fraction of sp³-hybridized carbons (Fsp3) is 0.519. The molecule has 2 atom stereocenters. The van der Waals surface area contributed by atoms with Crippen molar-refractivity contribution in [2.24, 2.45) is 0 Å². The second-order valence-electron chi connectivity index (χ2n) is 8.93. The maximum Gasteiger partial charge on any atom is 0.107 e. The van der Waals surface area contributed by atoms with Crippen LogP contribution in [0.3, 0.4) is 0 Å². The van der Waals surface area contributed by atoms with Gasteiger partial charge in [-0.15, -0.1) is 0 Å². The number of rotatable bonds is 15. The smallest absolute Gasteiger partial charge is 0.107 e. The summed E-state index contributed by atoms with van der Waals surface area (Å²) in [6.07, 6.45) is 11.5. The highest BCUT2D eigenvalue weighted by atomic mass is 15.1. The van der Waals surface area contributed by atoms with Crippen molar-refractivity contribution in [3.63, 3.8) is 0 Å². The minimum atomic E-state index is 0.272. The summed E-state index contributed by atoms with van der Waals surface area (Å²) in [6.45, 7) is 11.3. The van der Waals surface area contributed by atoms with E-state index in [1.807, 2.05) is 18.6 Å². The van der Waals surface area contributed by atoms with E-state index in [1.165, 1.54) is 42.5 Å². The summed E-state index contributed by atoms with van der Waals surface area (Å²) in [5.41, 5.74) is 3.95. The van der Waals surface area contributed by atoms with Gasteiger partial charge < -0.3 is 15.3 Å². The van der Waals surface area contributed by atoms with Crippen LogP contribution in [0, 0.1) is 0 Å². The molecule has 1 aromatic carbocycles. The monoisotopic (exact) mass is 435 g/mol. The van der Waals surface area contributed by atoms with Crippen molar-refractivity contribution in [3.8, 4) is 0 Å². The van der Waals surface area contributed by atoms with E-state index >= 15 is 0 Å². The van der Waals surface area contributed by atoms with E-state index < -0.39 is 0 Å². The second kappa shape index (κ2) is 13.2. The first-order valence-electron chi connectivity index (χ1n) is 12.4. The molecule has 0 fully saturated rings. The molecule has 0 aliphatic rings. The summed E-state index contributed by atoms with van der Waals surface area (Å²) in [7, 11) is 0. The third-order valence-corrected chi connectivity index (χ3v) is 6.13. The van der Waals surface area contributed by atoms with Crippen LogP contribution in [0.1, 0.15) is 75.0 Å². The van der Waals surface area contributed by atoms with Gasteiger partial charge >= 0.3 is 0 Å². The molecule has 0 amide bonds. The average Bonchev–Trinajstić information content (AvgIpc) is 3.51. The highest BCUT2D eigenvalue weighted by Gasteiger charge is 2.17. The molecule has 32 heavy (non-hydrogen) atoms. The standard InChI is InChI=1S/C27H41N5/c1-4-14-28-22(3)8-7-19-32(18-5-2)21-23-10-12-24(13-11-23)25(26-9-6-15-29-26)20-27-30-16-17-31-27/h6,9-13,15-17,22,25,28-29H,4-5,7-8,14,18-21H2,1-3H3,(H,30,31). The van der Waals surface area contributed by atoms with Crippen molar-refractivity contribution in [3.05, 3.63) is 77.6 Å². The first-order chi connectivity index (χ1) is 15.7. The Balaban J connectivity index is 1.59. The lowest BCUT2D eigenvalue weighted by molar-refractivity contribution is 0.256. The molecule has 3 aromatic rings. The Bertz CT molecular complexity index is 839. The first kappa shape index (κ1) is 24.3. The quantitative estimate of drug-likeness (QED) is 0.296. The number of aromatic nitrogens is 3. The zero-order valence-corrected chi connectivity index (χ0v) is 20.1. The summed E-state index contributed by atoms with van der Waals surface area (Å²) in [5.74, 6) is 1.29. The van der Waals surface area contributed by atoms with Crippen LogP contribution < -0.4 is 5.32 Å². The van der Waals surface area contributed by atoms with Crippen molar-refractivity contribution in [2.45, 2.75) is 71.4 Å². The molecule has 2 unspecified atom stereocenters. The van der Waals surface area contributed by atoms with Gasteiger partial charge in [-0.2, -0.15) is 0 Å². The molecule has 0 saturated heterocycles. The van der Waals surface area contributed by atoms with Gasteiger partial charge in [-0.05, 0) is 75.5 Å². The van der Waals surface area contributed by atoms with Crippen LogP contribution in [-0.4, -0.2) is 45.5 Å². The van der Waals surface area contributed by atoms with E-state index in [1.54, 1.807) is 0 Å². The Hall–Kier alpha value is -2.37. The molecule has 0 radical (unpaired) electrons. The van der Waals surface area contributed by atoms with Gasteiger partial charge in [-0.25, -0.2) is 4.98 Å². The van der Waals surface area contributed by atoms with Gasteiger partial charge in [0, 0.05) is 49.2 Å². The fourth-order valence-electron chi connectivity index (χ4n) is 4.38. The lowest BCUT2D eigenvalue weighted by atomic mass is 9.91. The van der Waals surface area contributed by atoms with Gasteiger partial charge in [-0.3, -0.25) is 4.90 Å². The maximum absolute atomic E-state index is 4.45. The number of nitrogens with zero attached hydrogens (tertiary/aromatic N) is 2. The molecule has 0 bridgehead atoms. The molecule has 0 aliphatic heterocycles. The predicted molar refractivity (Wildman–Crippen MR) is 134 cm³/mol. The summed E-state index contributed by atoms with van der Waals surface area (Å²) in [4.78, 5) is 13.7. The van der Waals surface area contributed by atoms with Gasteiger partial charge in [-0.1, -0.05) is 38.1 Å². The molecule has 3 N–H and O–H groups in total. The molecule has 5 nitrogen and oxygen atoms in total. The van der Waals surface area contributed by atoms with E-state index in [9.17, 15) is 0 Å². The molecule has 3 rings (SSSR count). The summed E-state index contributed by atoms with van der Waals surface area (Å²) in [6, 6.07) is 14.1. The summed E-state index contributed by atoms with van der Waals surface area (Å²) < 4.78 is 0. The van der Waals surface area contributed by atoms with Crippen molar-refractivity contribution >= 4 is 0 Å². The lowest BCUT2D eigenvalue weighted by Gasteiger charge is -2.23. The number of hydrogen-bond acceptors (Lipinski definition) is 3. The molecule has 5 heteroatoms. The molecule has 2 aromatic heterocycles. The van der Waals surface area contributed by atoms with Crippen molar-refractivity contribution in [1.82, 2.24) is 25.2 Å². The van der Waals surface area contributed by atoms with Crippen molar-refractivity contribution in [2.75, 3.05) is 19.6 Å². The van der Waals surface area contributed by atoms with Crippen LogP contribution >= 0.6 is 0 Å². The third kappa shape index (κ3) is 7.64. The summed E-state index contributed by atoms with van der Waals surface area (Å²) in [5, 5.41) is 3.60. The Morgan fingerprint density at radius 2 is 1.84 bits per heavy atom. The zero-order valence-electron chi connectivity index (χ0n) is 20.1. The number of H-pyrrole nitrogens is 2. The SMILES string of the molecule is CCCNC(C)CCCN(CCC)Cc1ccc(C(Cc2ncc[nH]2)c2ccc[nH]2)cc1. The molecule has 0 aliphatic carbocycles. The van der Waals surface area contributed by atoms with Crippen LogP contribution in [0.2, 0.25) is 0 Å². The highest BCUT2D eigenvalue weighted by Crippen LogP contribution is 2.27. The number of hydrogen-bond donors (Lipinski definition) is 3. The molecule has 174 valence electrons. The number of nitrogens with one attached hydrogen (secondary N) is 3. The van der Waals surface area contributed by atoms with E-state index in [0.717, 1.165) is 38.4 Å². The number of imidazole rings is 1. The Morgan fingerprint density at radius 1 is 1.00 bits per heavy atom. The van der Waals surface area contributed by atoms with Crippen LogP contribution in [0.25, 0.3) is 0 Å². The Kier molecular flexibility index (Phi) is 10.0. The molecule has 0 saturated carbocycles. The first-order valence-corrected chi connectivity index (χ1v) is 12.4. The highest BCUT2D eigenvalue weighted by molar-refractivity contribution is 5.32. The Morgan fingerprint density at radius 3 is 2.50 bits per heavy atom. The maximum atomic E-state index is 4.45. The zero-order chi connectivity index (χ0) is 22.6. The molecular weight excluding hydrogens is 394 g/mol. The van der Waals surface area contributed by atoms with E-state index in [2.05, 4.69) is 82.3 Å². The van der Waals surface area contributed by atoms with E-state index in [-0.39, 0.29) is 5.92 Å². The molecule has 2 heterocycles. The molecular formula is C27H41N5. The van der Waals surface area contributed by atoms with Gasteiger partial charge in [0.2, 0.25) is 0 Å².